The van der Waals surface area contributed by atoms with Crippen molar-refractivity contribution in [3.8, 4) is 0 Å². The van der Waals surface area contributed by atoms with Gasteiger partial charge in [0.15, 0.2) is 5.82 Å². The van der Waals surface area contributed by atoms with Gasteiger partial charge in [-0.2, -0.15) is 4.98 Å². The molecule has 130 valence electrons. The standard InChI is InChI=1S/C18H25N3O2S/c1-11-8-12(2)16(13(3)9-11)6-7-19-17(22)10-24-14(4)18-20-15(5)21-23-18/h8-9,14H,6-7,10H2,1-5H3,(H,19,22)/t14-/m1/s1. The van der Waals surface area contributed by atoms with Crippen molar-refractivity contribution in [2.45, 2.75) is 46.3 Å². The van der Waals surface area contributed by atoms with Gasteiger partial charge in [-0.15, -0.1) is 11.8 Å². The molecule has 0 bridgehead atoms. The van der Waals surface area contributed by atoms with Crippen molar-refractivity contribution in [1.29, 1.82) is 0 Å². The maximum absolute atomic E-state index is 12.0. The Hall–Kier alpha value is -1.82. The number of aromatic nitrogens is 2. The van der Waals surface area contributed by atoms with Crippen molar-refractivity contribution >= 4 is 17.7 Å². The Kier molecular flexibility index (Phi) is 6.43. The molecule has 24 heavy (non-hydrogen) atoms. The molecule has 0 saturated carbocycles. The first kappa shape index (κ1) is 18.5. The summed E-state index contributed by atoms with van der Waals surface area (Å²) >= 11 is 1.50. The van der Waals surface area contributed by atoms with E-state index in [1.165, 1.54) is 34.0 Å². The number of carbonyl (C=O) groups excluding carboxylic acids is 1. The summed E-state index contributed by atoms with van der Waals surface area (Å²) in [4.78, 5) is 16.2. The second-order valence-corrected chi connectivity index (χ2v) is 7.44. The van der Waals surface area contributed by atoms with E-state index in [4.69, 9.17) is 4.52 Å². The van der Waals surface area contributed by atoms with Gasteiger partial charge in [0.2, 0.25) is 11.8 Å². The molecule has 0 saturated heterocycles. The van der Waals surface area contributed by atoms with E-state index >= 15 is 0 Å². The van der Waals surface area contributed by atoms with E-state index in [0.29, 0.717) is 24.0 Å². The summed E-state index contributed by atoms with van der Waals surface area (Å²) in [5.41, 5.74) is 5.18. The molecule has 1 heterocycles. The normalized spacial score (nSPS) is 12.2. The molecule has 1 N–H and O–H groups in total. The first-order chi connectivity index (χ1) is 11.4. The van der Waals surface area contributed by atoms with Crippen LogP contribution in [-0.2, 0) is 11.2 Å². The van der Waals surface area contributed by atoms with Crippen molar-refractivity contribution in [3.05, 3.63) is 46.1 Å². The van der Waals surface area contributed by atoms with Crippen LogP contribution in [0.4, 0.5) is 0 Å². The highest BCUT2D eigenvalue weighted by atomic mass is 32.2. The molecule has 0 unspecified atom stereocenters. The van der Waals surface area contributed by atoms with Crippen LogP contribution in [0, 0.1) is 27.7 Å². The molecule has 2 aromatic rings. The molecule has 1 aromatic heterocycles. The molecule has 0 aliphatic carbocycles. The zero-order valence-electron chi connectivity index (χ0n) is 15.0. The molecule has 1 amide bonds. The maximum atomic E-state index is 12.0. The number of rotatable bonds is 7. The fourth-order valence-corrected chi connectivity index (χ4v) is 3.47. The fraction of sp³-hybridized carbons (Fsp3) is 0.500. The van der Waals surface area contributed by atoms with E-state index in [1.54, 1.807) is 6.92 Å². The highest BCUT2D eigenvalue weighted by Crippen LogP contribution is 2.26. The van der Waals surface area contributed by atoms with Crippen molar-refractivity contribution in [2.24, 2.45) is 0 Å². The number of amides is 1. The summed E-state index contributed by atoms with van der Waals surface area (Å²) < 4.78 is 5.12. The van der Waals surface area contributed by atoms with Crippen LogP contribution in [0.3, 0.4) is 0 Å². The summed E-state index contributed by atoms with van der Waals surface area (Å²) in [6.07, 6.45) is 0.854. The Morgan fingerprint density at radius 3 is 2.50 bits per heavy atom. The molecule has 6 heteroatoms. The Bertz CT molecular complexity index is 689. The largest absolute Gasteiger partial charge is 0.355 e. The van der Waals surface area contributed by atoms with E-state index in [1.807, 2.05) is 6.92 Å². The highest BCUT2D eigenvalue weighted by Gasteiger charge is 2.15. The minimum absolute atomic E-state index is 0.0125. The molecule has 2 rings (SSSR count). The lowest BCUT2D eigenvalue weighted by molar-refractivity contribution is -0.118. The molecule has 1 aromatic carbocycles. The number of aryl methyl sites for hydroxylation is 4. The van der Waals surface area contributed by atoms with Crippen LogP contribution in [0.2, 0.25) is 0 Å². The fourth-order valence-electron chi connectivity index (χ4n) is 2.73. The van der Waals surface area contributed by atoms with Gasteiger partial charge < -0.3 is 9.84 Å². The van der Waals surface area contributed by atoms with Gasteiger partial charge in [-0.25, -0.2) is 0 Å². The third-order valence-corrected chi connectivity index (χ3v) is 5.02. The van der Waals surface area contributed by atoms with Crippen molar-refractivity contribution in [1.82, 2.24) is 15.5 Å². The minimum Gasteiger partial charge on any atom is -0.355 e. The smallest absolute Gasteiger partial charge is 0.239 e. The Labute approximate surface area is 147 Å². The van der Waals surface area contributed by atoms with E-state index < -0.39 is 0 Å². The zero-order chi connectivity index (χ0) is 17.7. The third-order valence-electron chi connectivity index (χ3n) is 3.89. The first-order valence-electron chi connectivity index (χ1n) is 8.12. The van der Waals surface area contributed by atoms with Gasteiger partial charge in [0.05, 0.1) is 11.0 Å². The van der Waals surface area contributed by atoms with Crippen molar-refractivity contribution in [3.63, 3.8) is 0 Å². The lowest BCUT2D eigenvalue weighted by Gasteiger charge is -2.12. The minimum atomic E-state index is 0.0125. The zero-order valence-corrected chi connectivity index (χ0v) is 15.8. The molecule has 0 radical (unpaired) electrons. The highest BCUT2D eigenvalue weighted by molar-refractivity contribution is 8.00. The summed E-state index contributed by atoms with van der Waals surface area (Å²) in [6.45, 7) is 10.8. The van der Waals surface area contributed by atoms with Gasteiger partial charge in [-0.05, 0) is 57.7 Å². The molecule has 0 aliphatic heterocycles. The number of benzene rings is 1. The van der Waals surface area contributed by atoms with Gasteiger partial charge in [-0.3, -0.25) is 4.79 Å². The van der Waals surface area contributed by atoms with Crippen LogP contribution in [0.5, 0.6) is 0 Å². The molecule has 0 fully saturated rings. The molecule has 5 nitrogen and oxygen atoms in total. The Morgan fingerprint density at radius 2 is 1.92 bits per heavy atom. The van der Waals surface area contributed by atoms with E-state index in [2.05, 4.69) is 48.4 Å². The average Bonchev–Trinajstić information content (AvgIpc) is 2.94. The van der Waals surface area contributed by atoms with Crippen LogP contribution >= 0.6 is 11.8 Å². The summed E-state index contributed by atoms with van der Waals surface area (Å²) in [6, 6.07) is 4.38. The quantitative estimate of drug-likeness (QED) is 0.831. The summed E-state index contributed by atoms with van der Waals surface area (Å²) in [7, 11) is 0. The van der Waals surface area contributed by atoms with E-state index in [-0.39, 0.29) is 11.2 Å². The Morgan fingerprint density at radius 1 is 1.25 bits per heavy atom. The predicted molar refractivity (Wildman–Crippen MR) is 97.3 cm³/mol. The number of hydrogen-bond acceptors (Lipinski definition) is 5. The van der Waals surface area contributed by atoms with Gasteiger partial charge in [0.1, 0.15) is 0 Å². The molecule has 0 aliphatic rings. The number of carbonyl (C=O) groups is 1. The lowest BCUT2D eigenvalue weighted by Crippen LogP contribution is -2.27. The molecular weight excluding hydrogens is 322 g/mol. The topological polar surface area (TPSA) is 68.0 Å². The Balaban J connectivity index is 1.76. The lowest BCUT2D eigenvalue weighted by atomic mass is 9.97. The maximum Gasteiger partial charge on any atom is 0.239 e. The first-order valence-corrected chi connectivity index (χ1v) is 9.17. The van der Waals surface area contributed by atoms with Crippen molar-refractivity contribution in [2.75, 3.05) is 12.3 Å². The molecule has 1 atom stereocenters. The van der Waals surface area contributed by atoms with Gasteiger partial charge in [0, 0.05) is 6.54 Å². The number of hydrogen-bond donors (Lipinski definition) is 1. The number of thioether (sulfide) groups is 1. The van der Waals surface area contributed by atoms with E-state index in [0.717, 1.165) is 6.42 Å². The second-order valence-electron chi connectivity index (χ2n) is 6.11. The SMILES string of the molecule is Cc1cc(C)c(CCNC(=O)CS[C@H](C)c2nc(C)no2)c(C)c1. The van der Waals surface area contributed by atoms with E-state index in [9.17, 15) is 4.79 Å². The van der Waals surface area contributed by atoms with Gasteiger partial charge >= 0.3 is 0 Å². The van der Waals surface area contributed by atoms with Crippen LogP contribution in [-0.4, -0.2) is 28.3 Å². The van der Waals surface area contributed by atoms with Crippen LogP contribution < -0.4 is 5.32 Å². The van der Waals surface area contributed by atoms with Crippen LogP contribution in [0.15, 0.2) is 16.7 Å². The van der Waals surface area contributed by atoms with Crippen LogP contribution in [0.1, 0.15) is 46.1 Å². The average molecular weight is 347 g/mol. The summed E-state index contributed by atoms with van der Waals surface area (Å²) in [5.74, 6) is 1.60. The summed E-state index contributed by atoms with van der Waals surface area (Å²) in [5, 5.41) is 6.77. The predicted octanol–water partition coefficient (Wildman–Crippen LogP) is 3.46. The van der Waals surface area contributed by atoms with Gasteiger partial charge in [0.25, 0.3) is 0 Å². The monoisotopic (exact) mass is 347 g/mol. The second kappa shape index (κ2) is 8.33. The number of nitrogens with one attached hydrogen (secondary N) is 1. The number of nitrogens with zero attached hydrogens (tertiary/aromatic N) is 2. The van der Waals surface area contributed by atoms with Crippen LogP contribution in [0.25, 0.3) is 0 Å². The third kappa shape index (κ3) is 5.09. The van der Waals surface area contributed by atoms with Crippen molar-refractivity contribution < 1.29 is 9.32 Å². The molecular formula is C18H25N3O2S. The molecule has 0 spiro atoms. The van der Waals surface area contributed by atoms with Gasteiger partial charge in [-0.1, -0.05) is 22.9 Å².